The van der Waals surface area contributed by atoms with Gasteiger partial charge in [-0.3, -0.25) is 9.59 Å². The molecule has 0 unspecified atom stereocenters. The molecule has 0 aliphatic heterocycles. The van der Waals surface area contributed by atoms with Gasteiger partial charge in [-0.05, 0) is 38.1 Å². The molecule has 0 saturated heterocycles. The van der Waals surface area contributed by atoms with Crippen molar-refractivity contribution in [2.75, 3.05) is 18.5 Å². The van der Waals surface area contributed by atoms with Crippen molar-refractivity contribution in [1.29, 1.82) is 0 Å². The molecule has 0 heterocycles. The molecule has 2 rings (SSSR count). The van der Waals surface area contributed by atoms with Crippen LogP contribution in [0, 0.1) is 0 Å². The fraction of sp³-hybridized carbons (Fsp3) is 0.263. The van der Waals surface area contributed by atoms with Crippen molar-refractivity contribution in [3.05, 3.63) is 59.7 Å². The van der Waals surface area contributed by atoms with Gasteiger partial charge in [0, 0.05) is 17.8 Å². The van der Waals surface area contributed by atoms with Crippen molar-refractivity contribution in [3.8, 4) is 5.75 Å². The molecule has 2 aromatic rings. The summed E-state index contributed by atoms with van der Waals surface area (Å²) in [5.74, 6) is 0.320. The van der Waals surface area contributed by atoms with E-state index in [2.05, 4.69) is 5.32 Å². The maximum Gasteiger partial charge on any atom is 0.163 e. The van der Waals surface area contributed by atoms with Crippen LogP contribution in [0.15, 0.2) is 48.5 Å². The van der Waals surface area contributed by atoms with Crippen LogP contribution in [0.1, 0.15) is 34.6 Å². The van der Waals surface area contributed by atoms with Crippen LogP contribution in [-0.2, 0) is 0 Å². The fourth-order valence-corrected chi connectivity index (χ4v) is 2.30. The number of aliphatic hydroxyl groups excluding tert-OH is 1. The van der Waals surface area contributed by atoms with Gasteiger partial charge in [-0.15, -0.1) is 0 Å². The van der Waals surface area contributed by atoms with Crippen LogP contribution in [0.5, 0.6) is 5.75 Å². The predicted octanol–water partition coefficient (Wildman–Crippen LogP) is 2.94. The summed E-state index contributed by atoms with van der Waals surface area (Å²) >= 11 is 0. The van der Waals surface area contributed by atoms with E-state index in [1.807, 2.05) is 6.07 Å². The number of hydrogen-bond acceptors (Lipinski definition) is 5. The normalized spacial score (nSPS) is 11.6. The zero-order valence-electron chi connectivity index (χ0n) is 13.8. The lowest BCUT2D eigenvalue weighted by Crippen LogP contribution is -2.27. The quantitative estimate of drug-likeness (QED) is 0.729. The summed E-state index contributed by atoms with van der Waals surface area (Å²) in [6.45, 7) is 3.24. The van der Waals surface area contributed by atoms with E-state index in [0.717, 1.165) is 0 Å². The first-order valence-electron chi connectivity index (χ1n) is 7.73. The third-order valence-electron chi connectivity index (χ3n) is 3.53. The number of carbonyl (C=O) groups excluding carboxylic acids is 2. The minimum Gasteiger partial charge on any atom is -0.490 e. The number of nitrogens with one attached hydrogen (secondary N) is 1. The van der Waals surface area contributed by atoms with Gasteiger partial charge in [0.2, 0.25) is 0 Å². The first-order valence-corrected chi connectivity index (χ1v) is 7.73. The summed E-state index contributed by atoms with van der Waals surface area (Å²) in [4.78, 5) is 23.1. The number of Topliss-reactive ketones (excluding diaryl/α,β-unsaturated/α-hetero) is 2. The molecule has 0 aliphatic carbocycles. The van der Waals surface area contributed by atoms with Crippen LogP contribution in [-0.4, -0.2) is 35.9 Å². The van der Waals surface area contributed by atoms with Crippen molar-refractivity contribution >= 4 is 17.3 Å². The lowest BCUT2D eigenvalue weighted by atomic mass is 10.1. The number of para-hydroxylation sites is 2. The number of ketones is 2. The van der Waals surface area contributed by atoms with Crippen molar-refractivity contribution in [3.63, 3.8) is 0 Å². The van der Waals surface area contributed by atoms with Gasteiger partial charge in [0.15, 0.2) is 11.6 Å². The number of hydrogen-bond donors (Lipinski definition) is 2. The van der Waals surface area contributed by atoms with Gasteiger partial charge in [-0.1, -0.05) is 24.3 Å². The summed E-state index contributed by atoms with van der Waals surface area (Å²) in [5, 5.41) is 13.1. The van der Waals surface area contributed by atoms with Crippen LogP contribution >= 0.6 is 0 Å². The average molecular weight is 327 g/mol. The highest BCUT2D eigenvalue weighted by molar-refractivity contribution is 5.99. The second-order valence-electron chi connectivity index (χ2n) is 5.50. The van der Waals surface area contributed by atoms with Gasteiger partial charge < -0.3 is 15.2 Å². The van der Waals surface area contributed by atoms with Crippen molar-refractivity contribution in [1.82, 2.24) is 0 Å². The molecule has 0 spiro atoms. The number of aliphatic hydroxyl groups is 1. The Hall–Kier alpha value is -2.66. The molecular formula is C19H21NO4. The first kappa shape index (κ1) is 17.7. The third kappa shape index (κ3) is 4.67. The molecule has 0 aliphatic rings. The maximum atomic E-state index is 11.6. The summed E-state index contributed by atoms with van der Waals surface area (Å²) in [5.41, 5.74) is 1.74. The van der Waals surface area contributed by atoms with Crippen molar-refractivity contribution in [2.24, 2.45) is 0 Å². The highest BCUT2D eigenvalue weighted by Crippen LogP contribution is 2.19. The van der Waals surface area contributed by atoms with Crippen molar-refractivity contribution in [2.45, 2.75) is 20.0 Å². The maximum absolute atomic E-state index is 11.6. The number of ether oxygens (including phenoxy) is 1. The lowest BCUT2D eigenvalue weighted by Gasteiger charge is -2.16. The molecule has 2 N–H and O–H groups in total. The number of anilines is 1. The molecule has 5 nitrogen and oxygen atoms in total. The first-order chi connectivity index (χ1) is 11.5. The van der Waals surface area contributed by atoms with Gasteiger partial charge in [-0.2, -0.15) is 0 Å². The van der Waals surface area contributed by atoms with Crippen molar-refractivity contribution < 1.29 is 19.4 Å². The molecule has 0 fully saturated rings. The van der Waals surface area contributed by atoms with Crippen LogP contribution in [0.25, 0.3) is 0 Å². The van der Waals surface area contributed by atoms with E-state index in [4.69, 9.17) is 4.74 Å². The van der Waals surface area contributed by atoms with Gasteiger partial charge in [0.05, 0.1) is 5.56 Å². The zero-order valence-corrected chi connectivity index (χ0v) is 13.8. The fourth-order valence-electron chi connectivity index (χ4n) is 2.30. The molecule has 0 aromatic heterocycles. The number of rotatable bonds is 8. The van der Waals surface area contributed by atoms with Gasteiger partial charge >= 0.3 is 0 Å². The molecule has 2 aromatic carbocycles. The SMILES string of the molecule is CC(=O)c1ccccc1NC[C@@H](O)COc1ccccc1C(C)=O. The van der Waals surface area contributed by atoms with Gasteiger partial charge in [0.25, 0.3) is 0 Å². The molecular weight excluding hydrogens is 306 g/mol. The minimum absolute atomic E-state index is 0.0412. The second kappa shape index (κ2) is 8.26. The standard InChI is InChI=1S/C19H21NO4/c1-13(21)16-7-3-5-9-18(16)20-11-15(23)12-24-19-10-6-4-8-17(19)14(2)22/h3-10,15,20,23H,11-12H2,1-2H3/t15-/m1/s1. The second-order valence-corrected chi connectivity index (χ2v) is 5.50. The number of benzene rings is 2. The largest absolute Gasteiger partial charge is 0.490 e. The van der Waals surface area contributed by atoms with E-state index < -0.39 is 6.10 Å². The molecule has 24 heavy (non-hydrogen) atoms. The molecule has 0 radical (unpaired) electrons. The van der Waals surface area contributed by atoms with Gasteiger partial charge in [0.1, 0.15) is 18.5 Å². The molecule has 0 amide bonds. The monoisotopic (exact) mass is 327 g/mol. The molecule has 1 atom stereocenters. The lowest BCUT2D eigenvalue weighted by molar-refractivity contribution is 0.0991. The van der Waals surface area contributed by atoms with E-state index in [-0.39, 0.29) is 24.7 Å². The van der Waals surface area contributed by atoms with E-state index in [1.54, 1.807) is 42.5 Å². The summed E-state index contributed by atoms with van der Waals surface area (Å²) in [7, 11) is 0. The average Bonchev–Trinajstić information content (AvgIpc) is 2.58. The Kier molecular flexibility index (Phi) is 6.09. The van der Waals surface area contributed by atoms with E-state index in [9.17, 15) is 14.7 Å². The zero-order chi connectivity index (χ0) is 17.5. The topological polar surface area (TPSA) is 75.6 Å². The molecule has 0 bridgehead atoms. The number of carbonyl (C=O) groups is 2. The Bertz CT molecular complexity index is 665. The van der Waals surface area contributed by atoms with Gasteiger partial charge in [-0.25, -0.2) is 0 Å². The molecule has 5 heteroatoms. The summed E-state index contributed by atoms with van der Waals surface area (Å²) in [6.07, 6.45) is -0.787. The summed E-state index contributed by atoms with van der Waals surface area (Å²) < 4.78 is 5.55. The molecule has 0 saturated carbocycles. The van der Waals surface area contributed by atoms with Crippen LogP contribution in [0.3, 0.4) is 0 Å². The Morgan fingerprint density at radius 2 is 1.58 bits per heavy atom. The highest BCUT2D eigenvalue weighted by Gasteiger charge is 2.12. The Morgan fingerprint density at radius 3 is 2.25 bits per heavy atom. The highest BCUT2D eigenvalue weighted by atomic mass is 16.5. The van der Waals surface area contributed by atoms with Crippen LogP contribution < -0.4 is 10.1 Å². The smallest absolute Gasteiger partial charge is 0.163 e. The minimum atomic E-state index is -0.787. The Morgan fingerprint density at radius 1 is 1.00 bits per heavy atom. The van der Waals surface area contributed by atoms with Crippen LogP contribution in [0.4, 0.5) is 5.69 Å². The third-order valence-corrected chi connectivity index (χ3v) is 3.53. The molecule has 126 valence electrons. The van der Waals surface area contributed by atoms with E-state index in [0.29, 0.717) is 22.6 Å². The van der Waals surface area contributed by atoms with E-state index >= 15 is 0 Å². The van der Waals surface area contributed by atoms with Crippen LogP contribution in [0.2, 0.25) is 0 Å². The predicted molar refractivity (Wildman–Crippen MR) is 92.9 cm³/mol. The Labute approximate surface area is 141 Å². The van der Waals surface area contributed by atoms with E-state index in [1.165, 1.54) is 13.8 Å². The summed E-state index contributed by atoms with van der Waals surface area (Å²) in [6, 6.07) is 14.1. The Balaban J connectivity index is 1.92.